The summed E-state index contributed by atoms with van der Waals surface area (Å²) in [5.74, 6) is 2.46. The summed E-state index contributed by atoms with van der Waals surface area (Å²) in [5, 5.41) is 0. The fourth-order valence-corrected chi connectivity index (χ4v) is 2.35. The number of hydrogen-bond acceptors (Lipinski definition) is 3. The second-order valence-electron chi connectivity index (χ2n) is 5.75. The molecule has 0 saturated heterocycles. The molecule has 2 rings (SSSR count). The van der Waals surface area contributed by atoms with Crippen molar-refractivity contribution in [2.45, 2.75) is 52.0 Å². The van der Waals surface area contributed by atoms with Gasteiger partial charge in [0.15, 0.2) is 11.5 Å². The molecule has 3 heteroatoms. The molecule has 0 radical (unpaired) electrons. The van der Waals surface area contributed by atoms with Crippen molar-refractivity contribution in [3.05, 3.63) is 23.3 Å². The third kappa shape index (κ3) is 3.89. The van der Waals surface area contributed by atoms with Gasteiger partial charge in [-0.3, -0.25) is 0 Å². The number of methoxy groups -OCH3 is 1. The second kappa shape index (κ2) is 6.98. The summed E-state index contributed by atoms with van der Waals surface area (Å²) in [6.07, 6.45) is 5.48. The SMILES string of the molecule is CCc1cc(OC)c(OCC2CC2)cc1CC(N)CC. The lowest BCUT2D eigenvalue weighted by Gasteiger charge is -2.17. The molecular weight excluding hydrogens is 250 g/mol. The van der Waals surface area contributed by atoms with E-state index in [9.17, 15) is 0 Å². The van der Waals surface area contributed by atoms with E-state index in [2.05, 4.69) is 26.0 Å². The largest absolute Gasteiger partial charge is 0.493 e. The minimum Gasteiger partial charge on any atom is -0.493 e. The summed E-state index contributed by atoms with van der Waals surface area (Å²) in [6, 6.07) is 4.46. The molecule has 1 aliphatic rings. The third-order valence-corrected chi connectivity index (χ3v) is 4.04. The summed E-state index contributed by atoms with van der Waals surface area (Å²) in [6.45, 7) is 5.10. The Bertz CT molecular complexity index is 441. The second-order valence-corrected chi connectivity index (χ2v) is 5.75. The van der Waals surface area contributed by atoms with E-state index in [1.54, 1.807) is 7.11 Å². The van der Waals surface area contributed by atoms with Crippen molar-refractivity contribution >= 4 is 0 Å². The Morgan fingerprint density at radius 2 is 1.90 bits per heavy atom. The maximum atomic E-state index is 6.11. The monoisotopic (exact) mass is 277 g/mol. The molecule has 1 saturated carbocycles. The molecule has 1 unspecified atom stereocenters. The lowest BCUT2D eigenvalue weighted by molar-refractivity contribution is 0.280. The Kier molecular flexibility index (Phi) is 5.30. The van der Waals surface area contributed by atoms with Gasteiger partial charge in [-0.15, -0.1) is 0 Å². The molecule has 0 bridgehead atoms. The predicted molar refractivity (Wildman–Crippen MR) is 82.6 cm³/mol. The first-order chi connectivity index (χ1) is 9.67. The Morgan fingerprint density at radius 3 is 2.45 bits per heavy atom. The number of rotatable bonds is 8. The highest BCUT2D eigenvalue weighted by Gasteiger charge is 2.23. The minimum atomic E-state index is 0.213. The van der Waals surface area contributed by atoms with E-state index in [4.69, 9.17) is 15.2 Å². The quantitative estimate of drug-likeness (QED) is 0.792. The Balaban J connectivity index is 2.20. The van der Waals surface area contributed by atoms with Crippen LogP contribution in [0.2, 0.25) is 0 Å². The van der Waals surface area contributed by atoms with E-state index in [0.29, 0.717) is 0 Å². The molecule has 3 nitrogen and oxygen atoms in total. The lowest BCUT2D eigenvalue weighted by Crippen LogP contribution is -2.22. The van der Waals surface area contributed by atoms with Crippen LogP contribution in [0.3, 0.4) is 0 Å². The average Bonchev–Trinajstić information content (AvgIpc) is 3.29. The average molecular weight is 277 g/mol. The van der Waals surface area contributed by atoms with Gasteiger partial charge in [-0.05, 0) is 61.3 Å². The van der Waals surface area contributed by atoms with Crippen molar-refractivity contribution in [3.63, 3.8) is 0 Å². The molecule has 0 amide bonds. The fraction of sp³-hybridized carbons (Fsp3) is 0.647. The lowest BCUT2D eigenvalue weighted by atomic mass is 9.97. The molecule has 2 N–H and O–H groups in total. The van der Waals surface area contributed by atoms with Crippen molar-refractivity contribution in [1.29, 1.82) is 0 Å². The highest BCUT2D eigenvalue weighted by molar-refractivity contribution is 5.48. The highest BCUT2D eigenvalue weighted by atomic mass is 16.5. The molecule has 0 aliphatic heterocycles. The molecular formula is C17H27NO2. The van der Waals surface area contributed by atoms with Crippen molar-refractivity contribution in [3.8, 4) is 11.5 Å². The van der Waals surface area contributed by atoms with Crippen LogP contribution < -0.4 is 15.2 Å². The Morgan fingerprint density at radius 1 is 1.20 bits per heavy atom. The molecule has 112 valence electrons. The van der Waals surface area contributed by atoms with Crippen LogP contribution in [-0.4, -0.2) is 19.8 Å². The van der Waals surface area contributed by atoms with Crippen LogP contribution in [0.15, 0.2) is 12.1 Å². The molecule has 1 aromatic carbocycles. The van der Waals surface area contributed by atoms with Crippen LogP contribution in [0.25, 0.3) is 0 Å². The number of aryl methyl sites for hydroxylation is 1. The van der Waals surface area contributed by atoms with Crippen LogP contribution in [0.5, 0.6) is 11.5 Å². The fourth-order valence-electron chi connectivity index (χ4n) is 2.35. The van der Waals surface area contributed by atoms with E-state index in [1.807, 2.05) is 0 Å². The summed E-state index contributed by atoms with van der Waals surface area (Å²) in [5.41, 5.74) is 8.72. The number of nitrogens with two attached hydrogens (primary N) is 1. The van der Waals surface area contributed by atoms with E-state index in [0.717, 1.165) is 43.3 Å². The van der Waals surface area contributed by atoms with Crippen LogP contribution in [0.4, 0.5) is 0 Å². The Hall–Kier alpha value is -1.22. The zero-order chi connectivity index (χ0) is 14.5. The van der Waals surface area contributed by atoms with Crippen molar-refractivity contribution in [2.24, 2.45) is 11.7 Å². The van der Waals surface area contributed by atoms with E-state index in [-0.39, 0.29) is 6.04 Å². The van der Waals surface area contributed by atoms with E-state index >= 15 is 0 Å². The van der Waals surface area contributed by atoms with Gasteiger partial charge in [-0.25, -0.2) is 0 Å². The minimum absolute atomic E-state index is 0.213. The highest BCUT2D eigenvalue weighted by Crippen LogP contribution is 2.35. The standard InChI is InChI=1S/C17H27NO2/c1-4-13-9-16(19-3)17(20-11-12-6-7-12)10-14(13)8-15(18)5-2/h9-10,12,15H,4-8,11,18H2,1-3H3. The Labute approximate surface area is 122 Å². The van der Waals surface area contributed by atoms with Crippen LogP contribution in [0.1, 0.15) is 44.2 Å². The summed E-state index contributed by atoms with van der Waals surface area (Å²) < 4.78 is 11.4. The van der Waals surface area contributed by atoms with Gasteiger partial charge in [-0.1, -0.05) is 13.8 Å². The van der Waals surface area contributed by atoms with Crippen LogP contribution >= 0.6 is 0 Å². The van der Waals surface area contributed by atoms with Gasteiger partial charge in [0.25, 0.3) is 0 Å². The molecule has 20 heavy (non-hydrogen) atoms. The van der Waals surface area contributed by atoms with Gasteiger partial charge in [0.2, 0.25) is 0 Å². The van der Waals surface area contributed by atoms with Crippen molar-refractivity contribution in [1.82, 2.24) is 0 Å². The molecule has 1 atom stereocenters. The zero-order valence-electron chi connectivity index (χ0n) is 12.9. The van der Waals surface area contributed by atoms with Gasteiger partial charge < -0.3 is 15.2 Å². The summed E-state index contributed by atoms with van der Waals surface area (Å²) in [4.78, 5) is 0. The number of benzene rings is 1. The predicted octanol–water partition coefficient (Wildman–Crippen LogP) is 3.33. The maximum absolute atomic E-state index is 6.11. The first-order valence-electron chi connectivity index (χ1n) is 7.76. The number of hydrogen-bond donors (Lipinski definition) is 1. The van der Waals surface area contributed by atoms with Crippen molar-refractivity contribution < 1.29 is 9.47 Å². The summed E-state index contributed by atoms with van der Waals surface area (Å²) in [7, 11) is 1.70. The third-order valence-electron chi connectivity index (χ3n) is 4.04. The molecule has 0 aromatic heterocycles. The van der Waals surface area contributed by atoms with Crippen molar-refractivity contribution in [2.75, 3.05) is 13.7 Å². The molecule has 1 aromatic rings. The van der Waals surface area contributed by atoms with E-state index < -0.39 is 0 Å². The van der Waals surface area contributed by atoms with Gasteiger partial charge in [0.05, 0.1) is 13.7 Å². The molecule has 0 spiro atoms. The zero-order valence-corrected chi connectivity index (χ0v) is 12.9. The first kappa shape index (κ1) is 15.2. The van der Waals surface area contributed by atoms with Gasteiger partial charge in [-0.2, -0.15) is 0 Å². The van der Waals surface area contributed by atoms with Gasteiger partial charge in [0.1, 0.15) is 0 Å². The molecule has 1 fully saturated rings. The molecule has 0 heterocycles. The van der Waals surface area contributed by atoms with Gasteiger partial charge in [0, 0.05) is 6.04 Å². The topological polar surface area (TPSA) is 44.5 Å². The molecule has 1 aliphatic carbocycles. The normalized spacial score (nSPS) is 16.0. The smallest absolute Gasteiger partial charge is 0.161 e. The summed E-state index contributed by atoms with van der Waals surface area (Å²) >= 11 is 0. The van der Waals surface area contributed by atoms with Crippen LogP contribution in [-0.2, 0) is 12.8 Å². The number of ether oxygens (including phenoxy) is 2. The van der Waals surface area contributed by atoms with Gasteiger partial charge >= 0.3 is 0 Å². The van der Waals surface area contributed by atoms with Crippen LogP contribution in [0, 0.1) is 5.92 Å². The first-order valence-corrected chi connectivity index (χ1v) is 7.76. The van der Waals surface area contributed by atoms with E-state index in [1.165, 1.54) is 24.0 Å². The maximum Gasteiger partial charge on any atom is 0.161 e.